The van der Waals surface area contributed by atoms with Gasteiger partial charge >= 0.3 is 0 Å². The second-order valence-corrected chi connectivity index (χ2v) is 6.47. The summed E-state index contributed by atoms with van der Waals surface area (Å²) in [6, 6.07) is 8.49. The normalized spacial score (nSPS) is 25.9. The van der Waals surface area contributed by atoms with Crippen LogP contribution in [0.2, 0.25) is 0 Å². The lowest BCUT2D eigenvalue weighted by Crippen LogP contribution is -2.45. The third kappa shape index (κ3) is 3.80. The molecule has 1 aliphatic heterocycles. The average molecular weight is 325 g/mol. The third-order valence-corrected chi connectivity index (χ3v) is 4.62. The molecule has 22 heavy (non-hydrogen) atoms. The molecule has 1 aromatic rings. The first-order chi connectivity index (χ1) is 10.1. The maximum atomic E-state index is 12.0. The summed E-state index contributed by atoms with van der Waals surface area (Å²) in [6.45, 7) is 3.53. The van der Waals surface area contributed by atoms with Gasteiger partial charge in [-0.15, -0.1) is 12.4 Å². The Balaban J connectivity index is 0.00000176. The van der Waals surface area contributed by atoms with Crippen molar-refractivity contribution < 1.29 is 9.53 Å². The monoisotopic (exact) mass is 324 g/mol. The highest BCUT2D eigenvalue weighted by atomic mass is 35.5. The van der Waals surface area contributed by atoms with Crippen LogP contribution in [0.25, 0.3) is 0 Å². The van der Waals surface area contributed by atoms with Crippen LogP contribution < -0.4 is 11.1 Å². The van der Waals surface area contributed by atoms with Crippen molar-refractivity contribution >= 4 is 18.3 Å². The highest BCUT2D eigenvalue weighted by Crippen LogP contribution is 2.35. The summed E-state index contributed by atoms with van der Waals surface area (Å²) in [5.74, 6) is 0.323. The van der Waals surface area contributed by atoms with Crippen LogP contribution in [-0.4, -0.2) is 24.6 Å². The molecule has 122 valence electrons. The number of aryl methyl sites for hydroxylation is 1. The summed E-state index contributed by atoms with van der Waals surface area (Å²) in [6.07, 6.45) is 3.82. The van der Waals surface area contributed by atoms with E-state index in [0.717, 1.165) is 32.3 Å². The van der Waals surface area contributed by atoms with E-state index in [1.54, 1.807) is 0 Å². The summed E-state index contributed by atoms with van der Waals surface area (Å²) >= 11 is 0. The number of hydrogen-bond donors (Lipinski definition) is 2. The summed E-state index contributed by atoms with van der Waals surface area (Å²) in [7, 11) is 0. The van der Waals surface area contributed by atoms with E-state index in [9.17, 15) is 4.79 Å². The minimum Gasteiger partial charge on any atom is -0.373 e. The molecule has 0 bridgehead atoms. The first kappa shape index (κ1) is 17.3. The first-order valence-corrected chi connectivity index (χ1v) is 7.84. The standard InChI is InChI=1S/C17H24N2O2.ClH/c1-12-4-6-13(7-5-12)15-14(3-2-10-21-15)11-19-16(20)17(18)8-9-17;/h4-7,14-15H,2-3,8-11,18H2,1H3,(H,19,20);1H. The molecule has 2 fully saturated rings. The zero-order valence-electron chi connectivity index (χ0n) is 13.0. The molecule has 0 radical (unpaired) electrons. The van der Waals surface area contributed by atoms with Crippen LogP contribution >= 0.6 is 12.4 Å². The second-order valence-electron chi connectivity index (χ2n) is 6.47. The van der Waals surface area contributed by atoms with Crippen LogP contribution in [0.4, 0.5) is 0 Å². The number of nitrogens with two attached hydrogens (primary N) is 1. The van der Waals surface area contributed by atoms with Gasteiger partial charge in [0, 0.05) is 19.1 Å². The Morgan fingerprint density at radius 3 is 2.68 bits per heavy atom. The van der Waals surface area contributed by atoms with Crippen molar-refractivity contribution in [1.82, 2.24) is 5.32 Å². The van der Waals surface area contributed by atoms with Crippen LogP contribution in [0.3, 0.4) is 0 Å². The third-order valence-electron chi connectivity index (χ3n) is 4.62. The zero-order chi connectivity index (χ0) is 14.9. The predicted molar refractivity (Wildman–Crippen MR) is 89.0 cm³/mol. The van der Waals surface area contributed by atoms with Gasteiger partial charge in [-0.2, -0.15) is 0 Å². The van der Waals surface area contributed by atoms with Gasteiger partial charge in [0.15, 0.2) is 0 Å². The van der Waals surface area contributed by atoms with Gasteiger partial charge in [-0.25, -0.2) is 0 Å². The Labute approximate surface area is 138 Å². The fourth-order valence-corrected chi connectivity index (χ4v) is 2.94. The van der Waals surface area contributed by atoms with Crippen molar-refractivity contribution in [1.29, 1.82) is 0 Å². The molecule has 1 aliphatic carbocycles. The van der Waals surface area contributed by atoms with Crippen molar-refractivity contribution in [2.24, 2.45) is 11.7 Å². The molecule has 1 heterocycles. The van der Waals surface area contributed by atoms with E-state index in [1.807, 2.05) is 0 Å². The van der Waals surface area contributed by atoms with Crippen LogP contribution in [0.1, 0.15) is 42.9 Å². The van der Waals surface area contributed by atoms with Gasteiger partial charge in [-0.05, 0) is 38.2 Å². The number of halogens is 1. The second kappa shape index (κ2) is 6.99. The van der Waals surface area contributed by atoms with Gasteiger partial charge in [0.2, 0.25) is 5.91 Å². The molecular formula is C17H25ClN2O2. The Kier molecular flexibility index (Phi) is 5.48. The largest absolute Gasteiger partial charge is 0.373 e. The van der Waals surface area contributed by atoms with E-state index in [2.05, 4.69) is 36.5 Å². The van der Waals surface area contributed by atoms with Gasteiger partial charge < -0.3 is 15.8 Å². The molecule has 1 amide bonds. The Hall–Kier alpha value is -1.10. The number of rotatable bonds is 4. The fraction of sp³-hybridized carbons (Fsp3) is 0.588. The number of nitrogens with one attached hydrogen (secondary N) is 1. The molecule has 1 aromatic carbocycles. The van der Waals surface area contributed by atoms with Gasteiger partial charge in [0.05, 0.1) is 11.6 Å². The van der Waals surface area contributed by atoms with Crippen LogP contribution in [0.5, 0.6) is 0 Å². The molecule has 0 aromatic heterocycles. The smallest absolute Gasteiger partial charge is 0.240 e. The van der Waals surface area contributed by atoms with Crippen LogP contribution in [0, 0.1) is 12.8 Å². The van der Waals surface area contributed by atoms with Crippen molar-refractivity contribution in [3.05, 3.63) is 35.4 Å². The lowest BCUT2D eigenvalue weighted by molar-refractivity contribution is -0.124. The zero-order valence-corrected chi connectivity index (χ0v) is 13.8. The number of benzene rings is 1. The van der Waals surface area contributed by atoms with E-state index in [-0.39, 0.29) is 24.4 Å². The Morgan fingerprint density at radius 2 is 2.05 bits per heavy atom. The number of carbonyl (C=O) groups is 1. The molecule has 3 rings (SSSR count). The van der Waals surface area contributed by atoms with Crippen LogP contribution in [-0.2, 0) is 9.53 Å². The Morgan fingerprint density at radius 1 is 1.36 bits per heavy atom. The Bertz CT molecular complexity index is 514. The molecule has 1 saturated heterocycles. The summed E-state index contributed by atoms with van der Waals surface area (Å²) in [4.78, 5) is 12.0. The van der Waals surface area contributed by atoms with E-state index in [4.69, 9.17) is 10.5 Å². The highest BCUT2D eigenvalue weighted by molar-refractivity contribution is 5.88. The van der Waals surface area contributed by atoms with E-state index in [1.165, 1.54) is 11.1 Å². The molecule has 2 aliphatic rings. The lowest BCUT2D eigenvalue weighted by Gasteiger charge is -2.32. The topological polar surface area (TPSA) is 64.3 Å². The summed E-state index contributed by atoms with van der Waals surface area (Å²) in [5, 5.41) is 3.02. The SMILES string of the molecule is Cc1ccc(C2OCCCC2CNC(=O)C2(N)CC2)cc1.Cl. The quantitative estimate of drug-likeness (QED) is 0.894. The minimum atomic E-state index is -0.588. The van der Waals surface area contributed by atoms with E-state index >= 15 is 0 Å². The maximum absolute atomic E-state index is 12.0. The molecule has 2 unspecified atom stereocenters. The molecule has 2 atom stereocenters. The molecule has 1 saturated carbocycles. The van der Waals surface area contributed by atoms with E-state index < -0.39 is 5.54 Å². The summed E-state index contributed by atoms with van der Waals surface area (Å²) < 4.78 is 5.97. The van der Waals surface area contributed by atoms with Gasteiger partial charge in [-0.3, -0.25) is 4.79 Å². The fourth-order valence-electron chi connectivity index (χ4n) is 2.94. The maximum Gasteiger partial charge on any atom is 0.240 e. The predicted octanol–water partition coefficient (Wildman–Crippen LogP) is 2.49. The molecule has 4 nitrogen and oxygen atoms in total. The highest BCUT2D eigenvalue weighted by Gasteiger charge is 2.46. The molecule has 0 spiro atoms. The van der Waals surface area contributed by atoms with Gasteiger partial charge in [0.1, 0.15) is 0 Å². The molecule has 3 N–H and O–H groups in total. The average Bonchev–Trinajstić information content (AvgIpc) is 3.25. The molecular weight excluding hydrogens is 300 g/mol. The number of amides is 1. The van der Waals surface area contributed by atoms with Gasteiger partial charge in [0.25, 0.3) is 0 Å². The van der Waals surface area contributed by atoms with Crippen molar-refractivity contribution in [2.75, 3.05) is 13.2 Å². The minimum absolute atomic E-state index is 0. The van der Waals surface area contributed by atoms with Crippen molar-refractivity contribution in [3.8, 4) is 0 Å². The first-order valence-electron chi connectivity index (χ1n) is 7.84. The summed E-state index contributed by atoms with van der Waals surface area (Å²) in [5.41, 5.74) is 7.79. The van der Waals surface area contributed by atoms with E-state index in [0.29, 0.717) is 12.5 Å². The van der Waals surface area contributed by atoms with Crippen LogP contribution in [0.15, 0.2) is 24.3 Å². The number of carbonyl (C=O) groups excluding carboxylic acids is 1. The number of ether oxygens (including phenoxy) is 1. The van der Waals surface area contributed by atoms with Crippen molar-refractivity contribution in [3.63, 3.8) is 0 Å². The van der Waals surface area contributed by atoms with Gasteiger partial charge in [-0.1, -0.05) is 29.8 Å². The number of hydrogen-bond acceptors (Lipinski definition) is 3. The molecule has 5 heteroatoms. The lowest BCUT2D eigenvalue weighted by atomic mass is 9.89. The van der Waals surface area contributed by atoms with Crippen molar-refractivity contribution in [2.45, 2.75) is 44.2 Å².